The number of aliphatic imine (C=N–C) groups is 2. The van der Waals surface area contributed by atoms with Gasteiger partial charge in [0.1, 0.15) is 0 Å². The van der Waals surface area contributed by atoms with Gasteiger partial charge in [-0.3, -0.25) is 0 Å². The third-order valence-electron chi connectivity index (χ3n) is 2.68. The lowest BCUT2D eigenvalue weighted by Crippen LogP contribution is -1.97. The maximum absolute atomic E-state index is 9.95. The lowest BCUT2D eigenvalue weighted by atomic mass is 9.99. The van der Waals surface area contributed by atoms with Gasteiger partial charge in [-0.15, -0.1) is 0 Å². The maximum Gasteiger partial charge on any atom is 0.234 e. The Hall–Kier alpha value is -2.02. The van der Waals surface area contributed by atoms with E-state index in [9.17, 15) is 9.59 Å². The van der Waals surface area contributed by atoms with Gasteiger partial charge in [0.2, 0.25) is 12.2 Å². The Bertz CT molecular complexity index is 416. The van der Waals surface area contributed by atoms with E-state index in [-0.39, 0.29) is 0 Å². The predicted octanol–water partition coefficient (Wildman–Crippen LogP) is 2.22. The van der Waals surface area contributed by atoms with Crippen molar-refractivity contribution in [2.75, 3.05) is 13.1 Å². The number of isocyanates is 2. The highest BCUT2D eigenvalue weighted by Gasteiger charge is 2.01. The maximum atomic E-state index is 9.95. The lowest BCUT2D eigenvalue weighted by molar-refractivity contribution is 0.561. The average Bonchev–Trinajstić information content (AvgIpc) is 2.41. The smallest absolute Gasteiger partial charge is 0.211 e. The van der Waals surface area contributed by atoms with Crippen LogP contribution >= 0.6 is 0 Å². The summed E-state index contributed by atoms with van der Waals surface area (Å²) in [4.78, 5) is 27.0. The van der Waals surface area contributed by atoms with Crippen LogP contribution in [0.25, 0.3) is 0 Å². The van der Waals surface area contributed by atoms with Crippen LogP contribution in [0.3, 0.4) is 0 Å². The van der Waals surface area contributed by atoms with Crippen LogP contribution in [0.4, 0.5) is 0 Å². The van der Waals surface area contributed by atoms with Gasteiger partial charge >= 0.3 is 0 Å². The second kappa shape index (κ2) is 9.06. The molecule has 1 rings (SSSR count). The van der Waals surface area contributed by atoms with Crippen molar-refractivity contribution < 1.29 is 9.59 Å². The van der Waals surface area contributed by atoms with Crippen LogP contribution in [0.1, 0.15) is 24.0 Å². The van der Waals surface area contributed by atoms with Crippen LogP contribution in [-0.2, 0) is 22.4 Å². The van der Waals surface area contributed by atoms with Gasteiger partial charge in [-0.25, -0.2) is 19.6 Å². The molecule has 0 saturated heterocycles. The molecule has 0 aliphatic heterocycles. The Balaban J connectivity index is 2.50. The van der Waals surface area contributed by atoms with Crippen LogP contribution in [0.2, 0.25) is 0 Å². The molecule has 0 aliphatic carbocycles. The third-order valence-corrected chi connectivity index (χ3v) is 2.68. The van der Waals surface area contributed by atoms with Crippen LogP contribution < -0.4 is 0 Å². The van der Waals surface area contributed by atoms with Crippen LogP contribution in [-0.4, -0.2) is 25.2 Å². The molecule has 0 atom stereocenters. The molecule has 0 aromatic heterocycles. The quantitative estimate of drug-likeness (QED) is 0.400. The van der Waals surface area contributed by atoms with Crippen molar-refractivity contribution in [3.8, 4) is 0 Å². The fraction of sp³-hybridized carbons (Fsp3) is 0.429. The summed E-state index contributed by atoms with van der Waals surface area (Å²) in [5, 5.41) is 0. The first-order chi connectivity index (χ1) is 8.88. The zero-order valence-corrected chi connectivity index (χ0v) is 10.3. The summed E-state index contributed by atoms with van der Waals surface area (Å²) in [6.45, 7) is 1.04. The number of rotatable bonds is 8. The van der Waals surface area contributed by atoms with E-state index >= 15 is 0 Å². The molecule has 4 heteroatoms. The highest BCUT2D eigenvalue weighted by Crippen LogP contribution is 2.13. The molecule has 0 saturated carbocycles. The number of aryl methyl sites for hydroxylation is 2. The summed E-state index contributed by atoms with van der Waals surface area (Å²) >= 11 is 0. The second-order valence-corrected chi connectivity index (χ2v) is 3.92. The summed E-state index contributed by atoms with van der Waals surface area (Å²) in [6.07, 6.45) is 6.58. The molecule has 0 unspecified atom stereocenters. The van der Waals surface area contributed by atoms with E-state index < -0.39 is 0 Å². The number of nitrogens with zero attached hydrogens (tertiary/aromatic N) is 2. The molecule has 0 heterocycles. The van der Waals surface area contributed by atoms with Crippen molar-refractivity contribution in [1.82, 2.24) is 0 Å². The predicted molar refractivity (Wildman–Crippen MR) is 69.1 cm³/mol. The highest BCUT2D eigenvalue weighted by molar-refractivity contribution is 5.33. The Morgan fingerprint density at radius 3 is 1.67 bits per heavy atom. The molecule has 0 amide bonds. The van der Waals surface area contributed by atoms with Gasteiger partial charge < -0.3 is 0 Å². The molecule has 94 valence electrons. The fourth-order valence-electron chi connectivity index (χ4n) is 1.83. The van der Waals surface area contributed by atoms with E-state index in [2.05, 4.69) is 22.1 Å². The van der Waals surface area contributed by atoms with Gasteiger partial charge in [0.25, 0.3) is 0 Å². The van der Waals surface area contributed by atoms with Crippen molar-refractivity contribution >= 4 is 12.2 Å². The number of carbonyl (C=O) groups excluding carboxylic acids is 2. The normalized spacial score (nSPS) is 9.33. The van der Waals surface area contributed by atoms with E-state index in [1.807, 2.05) is 12.1 Å². The van der Waals surface area contributed by atoms with Crippen molar-refractivity contribution in [3.05, 3.63) is 35.4 Å². The van der Waals surface area contributed by atoms with Crippen molar-refractivity contribution in [2.45, 2.75) is 25.7 Å². The number of benzene rings is 1. The standard InChI is InChI=1S/C14H16N2O2/c17-11-15-9-3-7-13-5-1-2-6-14(13)8-4-10-16-12-18/h1-2,5-6H,3-4,7-10H2. The Kier molecular flexibility index (Phi) is 7.07. The highest BCUT2D eigenvalue weighted by atomic mass is 16.1. The van der Waals surface area contributed by atoms with Gasteiger partial charge in [-0.05, 0) is 36.8 Å². The van der Waals surface area contributed by atoms with E-state index in [1.165, 1.54) is 11.1 Å². The largest absolute Gasteiger partial charge is 0.234 e. The molecule has 0 fully saturated rings. The molecule has 18 heavy (non-hydrogen) atoms. The second-order valence-electron chi connectivity index (χ2n) is 3.92. The van der Waals surface area contributed by atoms with Crippen LogP contribution in [0.5, 0.6) is 0 Å². The molecule has 0 N–H and O–H groups in total. The Morgan fingerprint density at radius 2 is 1.28 bits per heavy atom. The minimum absolute atomic E-state index is 0.521. The van der Waals surface area contributed by atoms with Gasteiger partial charge in [-0.2, -0.15) is 0 Å². The number of hydrogen-bond donors (Lipinski definition) is 0. The Labute approximate surface area is 106 Å². The first-order valence-electron chi connectivity index (χ1n) is 6.02. The van der Waals surface area contributed by atoms with Crippen LogP contribution in [0, 0.1) is 0 Å². The third kappa shape index (κ3) is 5.35. The first kappa shape index (κ1) is 14.0. The Morgan fingerprint density at radius 1 is 0.833 bits per heavy atom. The minimum Gasteiger partial charge on any atom is -0.211 e. The van der Waals surface area contributed by atoms with Crippen molar-refractivity contribution in [1.29, 1.82) is 0 Å². The summed E-state index contributed by atoms with van der Waals surface area (Å²) < 4.78 is 0. The topological polar surface area (TPSA) is 58.9 Å². The van der Waals surface area contributed by atoms with Crippen molar-refractivity contribution in [3.63, 3.8) is 0 Å². The zero-order valence-electron chi connectivity index (χ0n) is 10.3. The molecule has 0 spiro atoms. The van der Waals surface area contributed by atoms with Gasteiger partial charge in [0, 0.05) is 0 Å². The van der Waals surface area contributed by atoms with Crippen molar-refractivity contribution in [2.24, 2.45) is 9.98 Å². The minimum atomic E-state index is 0.521. The molecular formula is C14H16N2O2. The monoisotopic (exact) mass is 244 g/mol. The molecule has 0 bridgehead atoms. The summed E-state index contributed by atoms with van der Waals surface area (Å²) in [5.74, 6) is 0. The van der Waals surface area contributed by atoms with E-state index in [0.717, 1.165) is 25.7 Å². The molecule has 1 aromatic rings. The molecule has 0 aliphatic rings. The fourth-order valence-corrected chi connectivity index (χ4v) is 1.83. The zero-order chi connectivity index (χ0) is 13.1. The van der Waals surface area contributed by atoms with E-state index in [0.29, 0.717) is 13.1 Å². The lowest BCUT2D eigenvalue weighted by Gasteiger charge is -2.07. The number of hydrogen-bond acceptors (Lipinski definition) is 4. The van der Waals surface area contributed by atoms with Gasteiger partial charge in [-0.1, -0.05) is 24.3 Å². The van der Waals surface area contributed by atoms with Gasteiger partial charge in [0.05, 0.1) is 13.1 Å². The summed E-state index contributed by atoms with van der Waals surface area (Å²) in [6, 6.07) is 8.18. The average molecular weight is 244 g/mol. The SMILES string of the molecule is O=C=NCCCc1ccccc1CCCN=C=O. The van der Waals surface area contributed by atoms with E-state index in [4.69, 9.17) is 0 Å². The van der Waals surface area contributed by atoms with Crippen LogP contribution in [0.15, 0.2) is 34.3 Å². The van der Waals surface area contributed by atoms with E-state index in [1.54, 1.807) is 12.2 Å². The molecule has 0 radical (unpaired) electrons. The molecular weight excluding hydrogens is 228 g/mol. The summed E-state index contributed by atoms with van der Waals surface area (Å²) in [5.41, 5.74) is 2.54. The molecule has 4 nitrogen and oxygen atoms in total. The summed E-state index contributed by atoms with van der Waals surface area (Å²) in [7, 11) is 0. The van der Waals surface area contributed by atoms with Gasteiger partial charge in [0.15, 0.2) is 0 Å². The first-order valence-corrected chi connectivity index (χ1v) is 6.02. The molecule has 1 aromatic carbocycles.